The lowest BCUT2D eigenvalue weighted by Gasteiger charge is -2.56. The van der Waals surface area contributed by atoms with Crippen molar-refractivity contribution in [3.63, 3.8) is 0 Å². The van der Waals surface area contributed by atoms with Gasteiger partial charge in [-0.05, 0) is 70.7 Å². The van der Waals surface area contributed by atoms with Gasteiger partial charge >= 0.3 is 0 Å². The predicted molar refractivity (Wildman–Crippen MR) is 98.5 cm³/mol. The van der Waals surface area contributed by atoms with Gasteiger partial charge in [-0.15, -0.1) is 0 Å². The number of hydrogen-bond acceptors (Lipinski definition) is 5. The van der Waals surface area contributed by atoms with Crippen molar-refractivity contribution in [2.75, 3.05) is 18.4 Å². The molecule has 134 valence electrons. The Morgan fingerprint density at radius 3 is 2.68 bits per heavy atom. The Morgan fingerprint density at radius 1 is 1.24 bits per heavy atom. The molecule has 5 nitrogen and oxygen atoms in total. The standard InChI is InChI=1S/C19H24ClN3O2/c1-19(2)17(11-7-9-23(19)10-8-11)21-18-13-5-6-14(20)16(15(13)25-22-18)24-12-3-4-12/h5-6,11-12,17H,3-4,7-10H2,1-2H3,(H,21,22)/t17-/m1/s1. The summed E-state index contributed by atoms with van der Waals surface area (Å²) >= 11 is 6.33. The normalized spacial score (nSPS) is 30.6. The first-order valence-electron chi connectivity index (χ1n) is 9.30. The van der Waals surface area contributed by atoms with E-state index in [2.05, 4.69) is 29.2 Å². The van der Waals surface area contributed by atoms with E-state index in [1.165, 1.54) is 25.9 Å². The molecule has 3 saturated heterocycles. The fourth-order valence-corrected chi connectivity index (χ4v) is 4.74. The van der Waals surface area contributed by atoms with Gasteiger partial charge in [0.2, 0.25) is 5.58 Å². The Kier molecular flexibility index (Phi) is 3.48. The van der Waals surface area contributed by atoms with Gasteiger partial charge in [-0.25, -0.2) is 0 Å². The maximum absolute atomic E-state index is 6.33. The van der Waals surface area contributed by atoms with Crippen molar-refractivity contribution in [1.82, 2.24) is 10.1 Å². The van der Waals surface area contributed by atoms with Crippen molar-refractivity contribution < 1.29 is 9.26 Å². The molecule has 0 radical (unpaired) electrons. The fourth-order valence-electron chi connectivity index (χ4n) is 4.55. The van der Waals surface area contributed by atoms with Crippen LogP contribution in [0, 0.1) is 5.92 Å². The lowest BCUT2D eigenvalue weighted by molar-refractivity contribution is -0.0189. The topological polar surface area (TPSA) is 50.5 Å². The van der Waals surface area contributed by atoms with Gasteiger partial charge in [0.05, 0.1) is 16.5 Å². The van der Waals surface area contributed by atoms with Crippen molar-refractivity contribution in [3.05, 3.63) is 17.2 Å². The highest BCUT2D eigenvalue weighted by Gasteiger charge is 2.48. The van der Waals surface area contributed by atoms with Gasteiger partial charge in [0.25, 0.3) is 0 Å². The van der Waals surface area contributed by atoms with Gasteiger partial charge in [-0.2, -0.15) is 0 Å². The summed E-state index contributed by atoms with van der Waals surface area (Å²) in [5.41, 5.74) is 0.771. The Labute approximate surface area is 152 Å². The highest BCUT2D eigenvalue weighted by Crippen LogP contribution is 2.43. The second kappa shape index (κ2) is 5.52. The second-order valence-electron chi connectivity index (χ2n) is 8.20. The number of nitrogens with one attached hydrogen (secondary N) is 1. The molecular weight excluding hydrogens is 338 g/mol. The molecule has 6 rings (SSSR count). The molecule has 1 aliphatic carbocycles. The van der Waals surface area contributed by atoms with Crippen LogP contribution in [0.1, 0.15) is 39.5 Å². The van der Waals surface area contributed by atoms with Crippen LogP contribution in [0.2, 0.25) is 5.02 Å². The maximum Gasteiger partial charge on any atom is 0.212 e. The Bertz CT molecular complexity index is 806. The Morgan fingerprint density at radius 2 is 2.00 bits per heavy atom. The van der Waals surface area contributed by atoms with Crippen molar-refractivity contribution in [3.8, 4) is 5.75 Å². The molecule has 0 unspecified atom stereocenters. The summed E-state index contributed by atoms with van der Waals surface area (Å²) < 4.78 is 11.6. The van der Waals surface area contributed by atoms with E-state index in [1.54, 1.807) is 0 Å². The largest absolute Gasteiger partial charge is 0.485 e. The average Bonchev–Trinajstić information content (AvgIpc) is 3.33. The molecule has 4 fully saturated rings. The lowest BCUT2D eigenvalue weighted by atomic mass is 9.72. The summed E-state index contributed by atoms with van der Waals surface area (Å²) in [5.74, 6) is 2.12. The Hall–Kier alpha value is -1.46. The summed E-state index contributed by atoms with van der Waals surface area (Å²) in [6.45, 7) is 7.06. The minimum Gasteiger partial charge on any atom is -0.485 e. The molecule has 1 saturated carbocycles. The van der Waals surface area contributed by atoms with Crippen LogP contribution in [-0.2, 0) is 0 Å². The van der Waals surface area contributed by atoms with E-state index in [-0.39, 0.29) is 11.6 Å². The molecule has 4 heterocycles. The van der Waals surface area contributed by atoms with Crippen LogP contribution in [0.15, 0.2) is 16.7 Å². The van der Waals surface area contributed by atoms with Gasteiger partial charge in [-0.1, -0.05) is 16.8 Å². The van der Waals surface area contributed by atoms with E-state index in [0.29, 0.717) is 28.3 Å². The molecule has 3 aliphatic heterocycles. The molecule has 2 aromatic rings. The van der Waals surface area contributed by atoms with Gasteiger partial charge in [0, 0.05) is 11.6 Å². The zero-order valence-electron chi connectivity index (χ0n) is 14.7. The summed E-state index contributed by atoms with van der Waals surface area (Å²) in [6.07, 6.45) is 4.93. The van der Waals surface area contributed by atoms with Crippen LogP contribution < -0.4 is 10.1 Å². The predicted octanol–water partition coefficient (Wildman–Crippen LogP) is 4.31. The average molecular weight is 362 g/mol. The molecule has 6 heteroatoms. The number of rotatable bonds is 4. The SMILES string of the molecule is CC1(C)[C@H](Nc2noc3c(OC4CC4)c(Cl)ccc23)C2CCN1CC2. The zero-order valence-corrected chi connectivity index (χ0v) is 15.5. The van der Waals surface area contributed by atoms with E-state index < -0.39 is 0 Å². The molecule has 0 amide bonds. The van der Waals surface area contributed by atoms with E-state index in [0.717, 1.165) is 24.0 Å². The van der Waals surface area contributed by atoms with Crippen LogP contribution in [-0.4, -0.2) is 40.8 Å². The number of fused-ring (bicyclic) bond motifs is 4. The molecule has 25 heavy (non-hydrogen) atoms. The molecule has 2 bridgehead atoms. The van der Waals surface area contributed by atoms with Crippen LogP contribution in [0.3, 0.4) is 0 Å². The first-order chi connectivity index (χ1) is 12.0. The first kappa shape index (κ1) is 15.8. The first-order valence-corrected chi connectivity index (χ1v) is 9.68. The van der Waals surface area contributed by atoms with E-state index >= 15 is 0 Å². The minimum atomic E-state index is 0.117. The minimum absolute atomic E-state index is 0.117. The molecule has 1 atom stereocenters. The van der Waals surface area contributed by atoms with Crippen LogP contribution in [0.4, 0.5) is 5.82 Å². The molecule has 1 N–H and O–H groups in total. The number of ether oxygens (including phenoxy) is 1. The van der Waals surface area contributed by atoms with Crippen molar-refractivity contribution in [2.45, 2.75) is 57.2 Å². The van der Waals surface area contributed by atoms with Crippen LogP contribution >= 0.6 is 11.6 Å². The van der Waals surface area contributed by atoms with E-state index in [4.69, 9.17) is 20.9 Å². The van der Waals surface area contributed by atoms with Crippen molar-refractivity contribution in [1.29, 1.82) is 0 Å². The number of nitrogens with zero attached hydrogens (tertiary/aromatic N) is 2. The lowest BCUT2D eigenvalue weighted by Crippen LogP contribution is -2.66. The summed E-state index contributed by atoms with van der Waals surface area (Å²) in [4.78, 5) is 2.59. The quantitative estimate of drug-likeness (QED) is 0.879. The van der Waals surface area contributed by atoms with Crippen molar-refractivity contribution >= 4 is 28.4 Å². The van der Waals surface area contributed by atoms with Gasteiger partial charge in [-0.3, -0.25) is 4.90 Å². The summed E-state index contributed by atoms with van der Waals surface area (Å²) in [7, 11) is 0. The summed E-state index contributed by atoms with van der Waals surface area (Å²) in [6, 6.07) is 4.22. The Balaban J connectivity index is 1.49. The molecule has 4 aliphatic rings. The zero-order chi connectivity index (χ0) is 17.2. The summed E-state index contributed by atoms with van der Waals surface area (Å²) in [5, 5.41) is 9.56. The van der Waals surface area contributed by atoms with E-state index in [1.807, 2.05) is 12.1 Å². The fraction of sp³-hybridized carbons (Fsp3) is 0.632. The number of aromatic nitrogens is 1. The molecule has 0 spiro atoms. The van der Waals surface area contributed by atoms with Crippen molar-refractivity contribution in [2.24, 2.45) is 5.92 Å². The molecule has 1 aromatic heterocycles. The smallest absolute Gasteiger partial charge is 0.212 e. The highest BCUT2D eigenvalue weighted by molar-refractivity contribution is 6.33. The number of piperidine rings is 3. The maximum atomic E-state index is 6.33. The van der Waals surface area contributed by atoms with Gasteiger partial charge in [0.15, 0.2) is 11.6 Å². The monoisotopic (exact) mass is 361 g/mol. The third-order valence-electron chi connectivity index (χ3n) is 6.24. The van der Waals surface area contributed by atoms with Gasteiger partial charge in [0.1, 0.15) is 0 Å². The number of benzene rings is 1. The molecular formula is C19H24ClN3O2. The van der Waals surface area contributed by atoms with Crippen LogP contribution in [0.25, 0.3) is 11.0 Å². The molecule has 1 aromatic carbocycles. The van der Waals surface area contributed by atoms with Gasteiger partial charge < -0.3 is 14.6 Å². The third-order valence-corrected chi connectivity index (χ3v) is 6.53. The van der Waals surface area contributed by atoms with E-state index in [9.17, 15) is 0 Å². The number of anilines is 1. The highest BCUT2D eigenvalue weighted by atomic mass is 35.5. The number of halogens is 1. The second-order valence-corrected chi connectivity index (χ2v) is 8.61. The van der Waals surface area contributed by atoms with Crippen LogP contribution in [0.5, 0.6) is 5.75 Å². The number of hydrogen-bond donors (Lipinski definition) is 1. The third kappa shape index (κ3) is 2.51.